The van der Waals surface area contributed by atoms with Crippen molar-refractivity contribution < 1.29 is 27.9 Å². The number of hydrogen-bond donors (Lipinski definition) is 1. The summed E-state index contributed by atoms with van der Waals surface area (Å²) in [6, 6.07) is 6.96. The van der Waals surface area contributed by atoms with Crippen molar-refractivity contribution in [2.45, 2.75) is 26.0 Å². The summed E-state index contributed by atoms with van der Waals surface area (Å²) in [5.41, 5.74) is 7.08. The highest BCUT2D eigenvalue weighted by molar-refractivity contribution is 5.90. The van der Waals surface area contributed by atoms with Gasteiger partial charge in [-0.15, -0.1) is 10.2 Å². The number of rotatable bonds is 6. The Bertz CT molecular complexity index is 1150. The average molecular weight is 441 g/mol. The van der Waals surface area contributed by atoms with Gasteiger partial charge in [0.25, 0.3) is 5.89 Å². The van der Waals surface area contributed by atoms with Gasteiger partial charge in [0, 0.05) is 24.2 Å². The van der Waals surface area contributed by atoms with E-state index in [9.17, 15) is 14.0 Å². The van der Waals surface area contributed by atoms with Crippen molar-refractivity contribution in [3.63, 3.8) is 0 Å². The molecule has 1 aliphatic heterocycles. The van der Waals surface area contributed by atoms with Crippen LogP contribution in [-0.4, -0.2) is 52.5 Å². The largest absolute Gasteiger partial charge is 0.461 e. The third-order valence-corrected chi connectivity index (χ3v) is 4.74. The van der Waals surface area contributed by atoms with Gasteiger partial charge < -0.3 is 19.6 Å². The number of ether oxygens (including phenoxy) is 2. The first-order chi connectivity index (χ1) is 15.3. The molecule has 1 amide bonds. The van der Waals surface area contributed by atoms with E-state index in [1.165, 1.54) is 24.1 Å². The molecule has 32 heavy (non-hydrogen) atoms. The molecule has 0 aliphatic carbocycles. The van der Waals surface area contributed by atoms with E-state index in [0.717, 1.165) is 0 Å². The first-order valence-electron chi connectivity index (χ1n) is 9.78. The van der Waals surface area contributed by atoms with E-state index in [1.54, 1.807) is 31.2 Å². The minimum Gasteiger partial charge on any atom is -0.461 e. The van der Waals surface area contributed by atoms with Crippen molar-refractivity contribution in [2.24, 2.45) is 5.73 Å². The maximum atomic E-state index is 14.9. The van der Waals surface area contributed by atoms with Crippen LogP contribution in [0.25, 0.3) is 22.7 Å². The SMILES string of the molecule is Cc1nnc(-c2ccc(-c3ccc(N4CC(COC(=O)C(C)N)OC4=O)cc3F)cn2)o1. The lowest BCUT2D eigenvalue weighted by molar-refractivity contribution is -0.147. The third-order valence-electron chi connectivity index (χ3n) is 4.74. The Morgan fingerprint density at radius 3 is 2.78 bits per heavy atom. The van der Waals surface area contributed by atoms with Gasteiger partial charge in [-0.05, 0) is 31.2 Å². The Hall–Kier alpha value is -3.86. The predicted octanol–water partition coefficient (Wildman–Crippen LogP) is 2.46. The molecule has 3 heterocycles. The quantitative estimate of drug-likeness (QED) is 0.573. The maximum Gasteiger partial charge on any atom is 0.414 e. The minimum absolute atomic E-state index is 0.115. The molecule has 1 fully saturated rings. The molecule has 1 aliphatic rings. The lowest BCUT2D eigenvalue weighted by Crippen LogP contribution is -2.32. The van der Waals surface area contributed by atoms with Crippen molar-refractivity contribution >= 4 is 17.7 Å². The molecule has 11 heteroatoms. The molecule has 4 rings (SSSR count). The Kier molecular flexibility index (Phi) is 5.82. The normalized spacial score (nSPS) is 16.7. The van der Waals surface area contributed by atoms with E-state index in [-0.39, 0.29) is 19.0 Å². The summed E-state index contributed by atoms with van der Waals surface area (Å²) < 4.78 is 30.4. The Balaban J connectivity index is 1.46. The maximum absolute atomic E-state index is 14.9. The van der Waals surface area contributed by atoms with Crippen LogP contribution in [0.4, 0.5) is 14.9 Å². The summed E-state index contributed by atoms with van der Waals surface area (Å²) in [4.78, 5) is 29.2. The molecule has 0 bridgehead atoms. The number of carbonyl (C=O) groups is 2. The van der Waals surface area contributed by atoms with Gasteiger partial charge in [-0.25, -0.2) is 9.18 Å². The molecule has 10 nitrogen and oxygen atoms in total. The lowest BCUT2D eigenvalue weighted by Gasteiger charge is -2.14. The van der Waals surface area contributed by atoms with Crippen LogP contribution in [0.2, 0.25) is 0 Å². The van der Waals surface area contributed by atoms with Gasteiger partial charge in [0.15, 0.2) is 6.10 Å². The zero-order valence-corrected chi connectivity index (χ0v) is 17.3. The molecule has 3 aromatic rings. The van der Waals surface area contributed by atoms with E-state index in [4.69, 9.17) is 19.6 Å². The fourth-order valence-corrected chi connectivity index (χ4v) is 3.11. The van der Waals surface area contributed by atoms with Gasteiger partial charge in [0.1, 0.15) is 24.2 Å². The topological polar surface area (TPSA) is 134 Å². The number of esters is 1. The molecule has 2 unspecified atom stereocenters. The van der Waals surface area contributed by atoms with Crippen LogP contribution < -0.4 is 10.6 Å². The highest BCUT2D eigenvalue weighted by atomic mass is 19.1. The van der Waals surface area contributed by atoms with E-state index in [2.05, 4.69) is 15.2 Å². The second-order valence-corrected chi connectivity index (χ2v) is 7.26. The first kappa shape index (κ1) is 21.4. The molecule has 1 saturated heterocycles. The first-order valence-corrected chi connectivity index (χ1v) is 9.78. The number of anilines is 1. The predicted molar refractivity (Wildman–Crippen MR) is 110 cm³/mol. The molecule has 2 atom stereocenters. The fraction of sp³-hybridized carbons (Fsp3) is 0.286. The van der Waals surface area contributed by atoms with Gasteiger partial charge in [-0.1, -0.05) is 6.07 Å². The van der Waals surface area contributed by atoms with E-state index < -0.39 is 30.0 Å². The minimum atomic E-state index is -0.774. The van der Waals surface area contributed by atoms with Crippen LogP contribution in [0.15, 0.2) is 40.9 Å². The van der Waals surface area contributed by atoms with Crippen LogP contribution >= 0.6 is 0 Å². The number of aromatic nitrogens is 3. The summed E-state index contributed by atoms with van der Waals surface area (Å²) in [6.07, 6.45) is 0.178. The van der Waals surface area contributed by atoms with Crippen molar-refractivity contribution in [1.82, 2.24) is 15.2 Å². The number of benzene rings is 1. The highest BCUT2D eigenvalue weighted by Gasteiger charge is 2.33. The van der Waals surface area contributed by atoms with Crippen molar-refractivity contribution in [1.29, 1.82) is 0 Å². The molecule has 0 spiro atoms. The average Bonchev–Trinajstić information content (AvgIpc) is 3.37. The molecule has 0 saturated carbocycles. The summed E-state index contributed by atoms with van der Waals surface area (Å²) in [5, 5.41) is 7.65. The molecule has 1 aromatic carbocycles. The number of aryl methyl sites for hydroxylation is 1. The van der Waals surface area contributed by atoms with Gasteiger partial charge in [-0.2, -0.15) is 0 Å². The van der Waals surface area contributed by atoms with Crippen LogP contribution in [0.3, 0.4) is 0 Å². The van der Waals surface area contributed by atoms with Gasteiger partial charge >= 0.3 is 12.1 Å². The zero-order valence-electron chi connectivity index (χ0n) is 17.3. The van der Waals surface area contributed by atoms with Gasteiger partial charge in [0.05, 0.1) is 12.2 Å². The summed E-state index contributed by atoms with van der Waals surface area (Å²) >= 11 is 0. The Morgan fingerprint density at radius 2 is 2.16 bits per heavy atom. The molecule has 2 N–H and O–H groups in total. The number of hydrogen-bond acceptors (Lipinski definition) is 9. The molecule has 2 aromatic heterocycles. The lowest BCUT2D eigenvalue weighted by atomic mass is 10.1. The standard InChI is InChI=1S/C21H20FN5O5/c1-11(23)20(28)30-10-15-9-27(21(29)32-15)14-4-5-16(17(22)7-14)13-3-6-18(24-8-13)19-26-25-12(2)31-19/h3-8,11,15H,9-10,23H2,1-2H3. The van der Waals surface area contributed by atoms with Crippen molar-refractivity contribution in [3.8, 4) is 22.7 Å². The Labute approximate surface area is 182 Å². The molecule has 166 valence electrons. The van der Waals surface area contributed by atoms with E-state index >= 15 is 0 Å². The van der Waals surface area contributed by atoms with Gasteiger partial charge in [-0.3, -0.25) is 14.7 Å². The number of halogens is 1. The number of pyridine rings is 1. The van der Waals surface area contributed by atoms with Crippen LogP contribution in [-0.2, 0) is 14.3 Å². The molecular formula is C21H20FN5O5. The summed E-state index contributed by atoms with van der Waals surface area (Å²) in [5.74, 6) is -0.435. The zero-order chi connectivity index (χ0) is 22.8. The van der Waals surface area contributed by atoms with E-state index in [1.807, 2.05) is 0 Å². The van der Waals surface area contributed by atoms with Crippen LogP contribution in [0, 0.1) is 12.7 Å². The van der Waals surface area contributed by atoms with Crippen molar-refractivity contribution in [2.75, 3.05) is 18.1 Å². The van der Waals surface area contributed by atoms with Crippen molar-refractivity contribution in [3.05, 3.63) is 48.2 Å². The van der Waals surface area contributed by atoms with Gasteiger partial charge in [0.2, 0.25) is 5.89 Å². The second kappa shape index (κ2) is 8.71. The van der Waals surface area contributed by atoms with Crippen LogP contribution in [0.1, 0.15) is 12.8 Å². The molecular weight excluding hydrogens is 421 g/mol. The number of carbonyl (C=O) groups excluding carboxylic acids is 2. The monoisotopic (exact) mass is 441 g/mol. The molecule has 0 radical (unpaired) electrons. The number of nitrogens with zero attached hydrogens (tertiary/aromatic N) is 4. The third kappa shape index (κ3) is 4.42. The number of cyclic esters (lactones) is 1. The van der Waals surface area contributed by atoms with Crippen LogP contribution in [0.5, 0.6) is 0 Å². The number of nitrogens with two attached hydrogens (primary N) is 1. The van der Waals surface area contributed by atoms with E-state index in [0.29, 0.717) is 28.4 Å². The Morgan fingerprint density at radius 1 is 1.34 bits per heavy atom. The summed E-state index contributed by atoms with van der Waals surface area (Å²) in [7, 11) is 0. The smallest absolute Gasteiger partial charge is 0.414 e. The number of amides is 1. The highest BCUT2D eigenvalue weighted by Crippen LogP contribution is 2.29. The fourth-order valence-electron chi connectivity index (χ4n) is 3.11. The summed E-state index contributed by atoms with van der Waals surface area (Å²) in [6.45, 7) is 3.16. The second-order valence-electron chi connectivity index (χ2n) is 7.26.